The second kappa shape index (κ2) is 12.6. The van der Waals surface area contributed by atoms with Gasteiger partial charge in [0.2, 0.25) is 0 Å². The topological polar surface area (TPSA) is 57.5 Å². The highest BCUT2D eigenvalue weighted by Gasteiger charge is 2.50. The quantitative estimate of drug-likeness (QED) is 0.316. The Balaban J connectivity index is 1.70. The van der Waals surface area contributed by atoms with Gasteiger partial charge in [-0.3, -0.25) is 4.79 Å². The summed E-state index contributed by atoms with van der Waals surface area (Å²) in [5.74, 6) is 2.47. The van der Waals surface area contributed by atoms with Crippen LogP contribution in [0.4, 0.5) is 0 Å². The fraction of sp³-hybridized carbons (Fsp3) is 0.774. The highest BCUT2D eigenvalue weighted by molar-refractivity contribution is 5.66. The lowest BCUT2D eigenvalue weighted by Gasteiger charge is -2.44. The molecule has 0 spiro atoms. The van der Waals surface area contributed by atoms with Gasteiger partial charge in [-0.2, -0.15) is 0 Å². The molecule has 0 heterocycles. The maximum absolute atomic E-state index is 10.8. The van der Waals surface area contributed by atoms with Crippen LogP contribution in [0.3, 0.4) is 0 Å². The number of aliphatic hydroxyl groups excluding tert-OH is 1. The van der Waals surface area contributed by atoms with Gasteiger partial charge in [0.25, 0.3) is 0 Å². The third-order valence-corrected chi connectivity index (χ3v) is 9.26. The number of carboxylic acids is 1. The van der Waals surface area contributed by atoms with E-state index in [-0.39, 0.29) is 12.5 Å². The SMILES string of the molecule is CC(C)CCC[C@@H](C)[C@H]1CC[C@H]2/C(=C/C=C3\C[C@@H](O)CC\C3=C/CCCC(=O)O)CCC[C@]12C. The first-order valence-electron chi connectivity index (χ1n) is 14.2. The number of allylic oxidation sites excluding steroid dienone is 5. The molecule has 3 nitrogen and oxygen atoms in total. The predicted octanol–water partition coefficient (Wildman–Crippen LogP) is 8.24. The van der Waals surface area contributed by atoms with Crippen LogP contribution in [0.5, 0.6) is 0 Å². The summed E-state index contributed by atoms with van der Waals surface area (Å²) in [5.41, 5.74) is 4.68. The molecule has 3 rings (SSSR count). The monoisotopic (exact) mass is 470 g/mol. The Labute approximate surface area is 208 Å². The van der Waals surface area contributed by atoms with Gasteiger partial charge in [0.15, 0.2) is 0 Å². The van der Waals surface area contributed by atoms with Crippen LogP contribution in [-0.4, -0.2) is 22.3 Å². The number of aliphatic carboxylic acids is 1. The molecular weight excluding hydrogens is 420 g/mol. The van der Waals surface area contributed by atoms with E-state index in [1.807, 2.05) is 0 Å². The minimum atomic E-state index is -0.720. The molecule has 3 heteroatoms. The minimum Gasteiger partial charge on any atom is -0.481 e. The fourth-order valence-electron chi connectivity index (χ4n) is 7.38. The second-order valence-electron chi connectivity index (χ2n) is 12.2. The summed E-state index contributed by atoms with van der Waals surface area (Å²) in [5, 5.41) is 19.2. The molecule has 34 heavy (non-hydrogen) atoms. The molecule has 0 aromatic carbocycles. The standard InChI is InChI=1S/C31H50O3/c1-22(2)9-7-10-23(3)28-18-19-29-25(12-8-20-31(28,29)4)14-15-26-21-27(32)17-16-24(26)11-5-6-13-30(33)34/h11,14-15,22-23,27-29,32H,5-10,12-13,16-21H2,1-4H3,(H,33,34)/b24-11+,25-14+,26-15+/t23-,27+,28-,29+,31-/m1/s1. The Hall–Kier alpha value is -1.35. The van der Waals surface area contributed by atoms with E-state index in [0.717, 1.165) is 43.4 Å². The Morgan fingerprint density at radius 2 is 1.85 bits per heavy atom. The average Bonchev–Trinajstić information content (AvgIpc) is 3.13. The maximum atomic E-state index is 10.8. The molecule has 5 atom stereocenters. The number of rotatable bonds is 10. The molecule has 0 aromatic rings. The highest BCUT2D eigenvalue weighted by atomic mass is 16.4. The van der Waals surface area contributed by atoms with Gasteiger partial charge >= 0.3 is 5.97 Å². The molecule has 3 saturated carbocycles. The van der Waals surface area contributed by atoms with Gasteiger partial charge in [-0.15, -0.1) is 0 Å². The third-order valence-electron chi connectivity index (χ3n) is 9.26. The van der Waals surface area contributed by atoms with E-state index in [0.29, 0.717) is 17.8 Å². The molecule has 2 N–H and O–H groups in total. The summed E-state index contributed by atoms with van der Waals surface area (Å²) < 4.78 is 0. The summed E-state index contributed by atoms with van der Waals surface area (Å²) >= 11 is 0. The Morgan fingerprint density at radius 3 is 2.59 bits per heavy atom. The molecule has 3 aliphatic rings. The smallest absolute Gasteiger partial charge is 0.303 e. The summed E-state index contributed by atoms with van der Waals surface area (Å²) in [7, 11) is 0. The van der Waals surface area contributed by atoms with E-state index in [1.54, 1.807) is 5.57 Å². The first kappa shape index (κ1) is 27.2. The zero-order valence-corrected chi connectivity index (χ0v) is 22.3. The summed E-state index contributed by atoms with van der Waals surface area (Å²) in [4.78, 5) is 10.8. The molecule has 192 valence electrons. The molecule has 0 unspecified atom stereocenters. The van der Waals surface area contributed by atoms with Gasteiger partial charge in [-0.25, -0.2) is 0 Å². The van der Waals surface area contributed by atoms with Crippen molar-refractivity contribution in [3.63, 3.8) is 0 Å². The number of aliphatic hydroxyl groups is 1. The first-order chi connectivity index (χ1) is 16.2. The number of unbranched alkanes of at least 4 members (excludes halogenated alkanes) is 1. The van der Waals surface area contributed by atoms with Crippen LogP contribution in [0.2, 0.25) is 0 Å². The van der Waals surface area contributed by atoms with Crippen LogP contribution in [0.25, 0.3) is 0 Å². The molecule has 0 amide bonds. The second-order valence-corrected chi connectivity index (χ2v) is 12.2. The fourth-order valence-corrected chi connectivity index (χ4v) is 7.38. The molecule has 0 bridgehead atoms. The Bertz CT molecular complexity index is 774. The van der Waals surface area contributed by atoms with Crippen LogP contribution in [0, 0.1) is 29.1 Å². The Kier molecular flexibility index (Phi) is 10.1. The van der Waals surface area contributed by atoms with Gasteiger partial charge in [-0.1, -0.05) is 70.8 Å². The molecule has 0 saturated heterocycles. The number of hydrogen-bond acceptors (Lipinski definition) is 2. The third kappa shape index (κ3) is 7.09. The molecule has 3 aliphatic carbocycles. The zero-order valence-electron chi connectivity index (χ0n) is 22.3. The van der Waals surface area contributed by atoms with E-state index in [2.05, 4.69) is 45.9 Å². The first-order valence-corrected chi connectivity index (χ1v) is 14.2. The van der Waals surface area contributed by atoms with E-state index >= 15 is 0 Å². The van der Waals surface area contributed by atoms with Crippen LogP contribution in [0.1, 0.15) is 118 Å². The Morgan fingerprint density at radius 1 is 1.06 bits per heavy atom. The van der Waals surface area contributed by atoms with Gasteiger partial charge in [0.05, 0.1) is 6.10 Å². The van der Waals surface area contributed by atoms with Crippen molar-refractivity contribution >= 4 is 5.97 Å². The lowest BCUT2D eigenvalue weighted by atomic mass is 9.60. The van der Waals surface area contributed by atoms with Crippen molar-refractivity contribution in [3.05, 3.63) is 34.9 Å². The van der Waals surface area contributed by atoms with Crippen molar-refractivity contribution in [2.75, 3.05) is 0 Å². The van der Waals surface area contributed by atoms with E-state index in [9.17, 15) is 9.90 Å². The number of carboxylic acid groups (broad SMARTS) is 1. The summed E-state index contributed by atoms with van der Waals surface area (Å²) in [6.07, 6.45) is 21.6. The average molecular weight is 471 g/mol. The van der Waals surface area contributed by atoms with Gasteiger partial charge in [-0.05, 0) is 104 Å². The highest BCUT2D eigenvalue weighted by Crippen LogP contribution is 2.60. The maximum Gasteiger partial charge on any atom is 0.303 e. The van der Waals surface area contributed by atoms with Crippen molar-refractivity contribution in [1.29, 1.82) is 0 Å². The van der Waals surface area contributed by atoms with E-state index in [1.165, 1.54) is 62.5 Å². The van der Waals surface area contributed by atoms with Crippen LogP contribution in [0.15, 0.2) is 34.9 Å². The van der Waals surface area contributed by atoms with Crippen LogP contribution < -0.4 is 0 Å². The minimum absolute atomic E-state index is 0.229. The number of carbonyl (C=O) groups is 1. The normalized spacial score (nSPS) is 34.2. The summed E-state index contributed by atoms with van der Waals surface area (Å²) in [6.45, 7) is 9.79. The van der Waals surface area contributed by atoms with Gasteiger partial charge in [0.1, 0.15) is 0 Å². The molecule has 3 fully saturated rings. The lowest BCUT2D eigenvalue weighted by Crippen LogP contribution is -2.36. The van der Waals surface area contributed by atoms with Crippen molar-refractivity contribution in [1.82, 2.24) is 0 Å². The van der Waals surface area contributed by atoms with Crippen LogP contribution >= 0.6 is 0 Å². The van der Waals surface area contributed by atoms with E-state index < -0.39 is 5.97 Å². The number of hydrogen-bond donors (Lipinski definition) is 2. The molecule has 0 radical (unpaired) electrons. The van der Waals surface area contributed by atoms with Crippen molar-refractivity contribution in [3.8, 4) is 0 Å². The summed E-state index contributed by atoms with van der Waals surface area (Å²) in [6, 6.07) is 0. The molecule has 0 aliphatic heterocycles. The van der Waals surface area contributed by atoms with E-state index in [4.69, 9.17) is 5.11 Å². The number of fused-ring (bicyclic) bond motifs is 1. The lowest BCUT2D eigenvalue weighted by molar-refractivity contribution is -0.137. The predicted molar refractivity (Wildman–Crippen MR) is 142 cm³/mol. The van der Waals surface area contributed by atoms with Gasteiger partial charge < -0.3 is 10.2 Å². The van der Waals surface area contributed by atoms with Crippen molar-refractivity contribution < 1.29 is 15.0 Å². The van der Waals surface area contributed by atoms with Crippen LogP contribution in [-0.2, 0) is 4.79 Å². The molecule has 0 aromatic heterocycles. The van der Waals surface area contributed by atoms with Gasteiger partial charge in [0, 0.05) is 6.42 Å². The molecular formula is C31H50O3. The zero-order chi connectivity index (χ0) is 24.7. The largest absolute Gasteiger partial charge is 0.481 e. The van der Waals surface area contributed by atoms with Crippen molar-refractivity contribution in [2.24, 2.45) is 29.1 Å². The van der Waals surface area contributed by atoms with Crippen molar-refractivity contribution in [2.45, 2.75) is 124 Å².